The summed E-state index contributed by atoms with van der Waals surface area (Å²) >= 11 is 0. The van der Waals surface area contributed by atoms with E-state index in [9.17, 15) is 0 Å². The van der Waals surface area contributed by atoms with Gasteiger partial charge in [-0.1, -0.05) is 35.5 Å². The first-order valence-corrected chi connectivity index (χ1v) is 8.28. The molecule has 1 atom stereocenters. The van der Waals surface area contributed by atoms with E-state index < -0.39 is 0 Å². The Morgan fingerprint density at radius 2 is 1.54 bits per heavy atom. The van der Waals surface area contributed by atoms with Crippen LogP contribution in [0.1, 0.15) is 23.9 Å². The van der Waals surface area contributed by atoms with Crippen molar-refractivity contribution in [2.75, 3.05) is 0 Å². The number of para-hydroxylation sites is 1. The van der Waals surface area contributed by atoms with Crippen LogP contribution in [0.15, 0.2) is 72.1 Å². The number of aryl methyl sites for hydroxylation is 1. The summed E-state index contributed by atoms with van der Waals surface area (Å²) < 4.78 is 11.5. The van der Waals surface area contributed by atoms with Gasteiger partial charge in [-0.2, -0.15) is 0 Å². The van der Waals surface area contributed by atoms with Crippen LogP contribution in [-0.2, 0) is 4.84 Å². The lowest BCUT2D eigenvalue weighted by molar-refractivity contribution is 0.0855. The molecule has 1 aliphatic rings. The summed E-state index contributed by atoms with van der Waals surface area (Å²) in [5.41, 5.74) is 1.01. The van der Waals surface area contributed by atoms with Gasteiger partial charge in [0.15, 0.2) is 11.9 Å². The second kappa shape index (κ2) is 7.23. The van der Waals surface area contributed by atoms with Gasteiger partial charge in [0.1, 0.15) is 17.3 Å². The van der Waals surface area contributed by atoms with Gasteiger partial charge in [0, 0.05) is 0 Å². The smallest absolute Gasteiger partial charge is 0.235 e. The van der Waals surface area contributed by atoms with Crippen LogP contribution in [0.2, 0.25) is 0 Å². The normalized spacial score (nSPS) is 15.9. The third kappa shape index (κ3) is 3.80. The fourth-order valence-electron chi connectivity index (χ4n) is 2.54. The molecule has 0 spiro atoms. The molecule has 3 aromatic rings. The molecule has 6 heteroatoms. The molecule has 0 unspecified atom stereocenters. The van der Waals surface area contributed by atoms with E-state index in [4.69, 9.17) is 14.3 Å². The molecule has 0 aliphatic carbocycles. The number of ether oxygens (including phenoxy) is 2. The van der Waals surface area contributed by atoms with E-state index in [2.05, 4.69) is 15.1 Å². The molecule has 1 aromatic heterocycles. The van der Waals surface area contributed by atoms with Crippen molar-refractivity contribution in [3.63, 3.8) is 0 Å². The number of hydrogen-bond donors (Lipinski definition) is 0. The average molecular weight is 347 g/mol. The van der Waals surface area contributed by atoms with E-state index in [0.29, 0.717) is 23.9 Å². The van der Waals surface area contributed by atoms with Crippen molar-refractivity contribution < 1.29 is 14.3 Å². The second-order valence-electron chi connectivity index (χ2n) is 5.84. The maximum Gasteiger partial charge on any atom is 0.235 e. The highest BCUT2D eigenvalue weighted by atomic mass is 16.7. The SMILES string of the molecule is Cc1ncc(OC2=NO[C@@H](c3ccc(Oc4ccccc4)cc3)C2)cn1. The molecule has 0 fully saturated rings. The Balaban J connectivity index is 1.36. The van der Waals surface area contributed by atoms with Gasteiger partial charge >= 0.3 is 0 Å². The lowest BCUT2D eigenvalue weighted by atomic mass is 10.1. The summed E-state index contributed by atoms with van der Waals surface area (Å²) in [4.78, 5) is 13.7. The van der Waals surface area contributed by atoms with E-state index in [1.54, 1.807) is 12.4 Å². The van der Waals surface area contributed by atoms with Crippen LogP contribution in [0.3, 0.4) is 0 Å². The van der Waals surface area contributed by atoms with E-state index in [1.165, 1.54) is 0 Å². The standard InChI is InChI=1S/C20H17N3O3/c1-14-21-12-18(13-22-14)25-20-11-19(26-23-20)15-7-9-17(10-8-15)24-16-5-3-2-4-6-16/h2-10,12-13,19H,11H2,1H3/t19-/m1/s1. The molecule has 130 valence electrons. The van der Waals surface area contributed by atoms with Gasteiger partial charge in [0.2, 0.25) is 5.90 Å². The first-order valence-electron chi connectivity index (χ1n) is 8.28. The minimum Gasteiger partial charge on any atom is -0.457 e. The zero-order valence-corrected chi connectivity index (χ0v) is 14.2. The largest absolute Gasteiger partial charge is 0.457 e. The van der Waals surface area contributed by atoms with Gasteiger partial charge in [0.25, 0.3) is 0 Å². The molecule has 0 N–H and O–H groups in total. The van der Waals surface area contributed by atoms with Crippen LogP contribution >= 0.6 is 0 Å². The summed E-state index contributed by atoms with van der Waals surface area (Å²) in [6.45, 7) is 1.82. The lowest BCUT2D eigenvalue weighted by Crippen LogP contribution is -2.08. The zero-order valence-electron chi connectivity index (χ0n) is 14.2. The van der Waals surface area contributed by atoms with Crippen molar-refractivity contribution in [2.24, 2.45) is 5.16 Å². The Bertz CT molecular complexity index is 894. The van der Waals surface area contributed by atoms with E-state index in [-0.39, 0.29) is 6.10 Å². The Morgan fingerprint density at radius 3 is 2.27 bits per heavy atom. The van der Waals surface area contributed by atoms with Crippen molar-refractivity contribution in [1.82, 2.24) is 9.97 Å². The number of benzene rings is 2. The Hall–Kier alpha value is -3.41. The first kappa shape index (κ1) is 16.1. The third-order valence-electron chi connectivity index (χ3n) is 3.87. The number of rotatable bonds is 4. The summed E-state index contributed by atoms with van der Waals surface area (Å²) in [5.74, 6) is 3.32. The lowest BCUT2D eigenvalue weighted by Gasteiger charge is -2.10. The summed E-state index contributed by atoms with van der Waals surface area (Å²) in [6.07, 6.45) is 3.61. The molecule has 26 heavy (non-hydrogen) atoms. The van der Waals surface area contributed by atoms with Crippen LogP contribution in [0.4, 0.5) is 0 Å². The predicted molar refractivity (Wildman–Crippen MR) is 96.2 cm³/mol. The molecule has 2 heterocycles. The summed E-state index contributed by atoms with van der Waals surface area (Å²) in [6, 6.07) is 17.4. The van der Waals surface area contributed by atoms with Gasteiger partial charge in [-0.15, -0.1) is 0 Å². The fourth-order valence-corrected chi connectivity index (χ4v) is 2.54. The zero-order chi connectivity index (χ0) is 17.8. The van der Waals surface area contributed by atoms with Crippen LogP contribution in [-0.4, -0.2) is 15.9 Å². The van der Waals surface area contributed by atoms with Gasteiger partial charge in [0.05, 0.1) is 18.8 Å². The predicted octanol–water partition coefficient (Wildman–Crippen LogP) is 4.43. The molecule has 0 radical (unpaired) electrons. The van der Waals surface area contributed by atoms with Crippen LogP contribution in [0.5, 0.6) is 17.2 Å². The third-order valence-corrected chi connectivity index (χ3v) is 3.87. The molecule has 4 rings (SSSR count). The fraction of sp³-hybridized carbons (Fsp3) is 0.150. The van der Waals surface area contributed by atoms with Gasteiger partial charge in [-0.25, -0.2) is 9.97 Å². The maximum absolute atomic E-state index is 5.80. The molecule has 0 saturated heterocycles. The number of hydrogen-bond acceptors (Lipinski definition) is 6. The molecule has 2 aromatic carbocycles. The van der Waals surface area contributed by atoms with Crippen molar-refractivity contribution in [2.45, 2.75) is 19.4 Å². The monoisotopic (exact) mass is 347 g/mol. The minimum atomic E-state index is -0.179. The highest BCUT2D eigenvalue weighted by molar-refractivity contribution is 5.79. The maximum atomic E-state index is 5.80. The Morgan fingerprint density at radius 1 is 0.846 bits per heavy atom. The number of aromatic nitrogens is 2. The van der Waals surface area contributed by atoms with Crippen molar-refractivity contribution in [3.8, 4) is 17.2 Å². The minimum absolute atomic E-state index is 0.179. The van der Waals surface area contributed by atoms with Crippen LogP contribution in [0.25, 0.3) is 0 Å². The molecule has 0 amide bonds. The first-order chi connectivity index (χ1) is 12.8. The van der Waals surface area contributed by atoms with Gasteiger partial charge in [-0.05, 0) is 36.8 Å². The highest BCUT2D eigenvalue weighted by Gasteiger charge is 2.24. The molecular formula is C20H17N3O3. The number of nitrogens with zero attached hydrogens (tertiary/aromatic N) is 3. The van der Waals surface area contributed by atoms with Crippen molar-refractivity contribution >= 4 is 5.90 Å². The molecule has 0 bridgehead atoms. The van der Waals surface area contributed by atoms with Gasteiger partial charge < -0.3 is 14.3 Å². The topological polar surface area (TPSA) is 65.8 Å². The van der Waals surface area contributed by atoms with Crippen molar-refractivity contribution in [3.05, 3.63) is 78.4 Å². The van der Waals surface area contributed by atoms with Crippen LogP contribution < -0.4 is 9.47 Å². The van der Waals surface area contributed by atoms with E-state index in [0.717, 1.165) is 17.1 Å². The number of oxime groups is 1. The van der Waals surface area contributed by atoms with Crippen molar-refractivity contribution in [1.29, 1.82) is 0 Å². The molecule has 0 saturated carbocycles. The van der Waals surface area contributed by atoms with Crippen LogP contribution in [0, 0.1) is 6.92 Å². The molecular weight excluding hydrogens is 330 g/mol. The Labute approximate surface area is 151 Å². The molecule has 6 nitrogen and oxygen atoms in total. The van der Waals surface area contributed by atoms with Gasteiger partial charge in [-0.3, -0.25) is 0 Å². The highest BCUT2D eigenvalue weighted by Crippen LogP contribution is 2.30. The average Bonchev–Trinajstić information content (AvgIpc) is 3.14. The summed E-state index contributed by atoms with van der Waals surface area (Å²) in [5, 5.41) is 4.01. The quantitative estimate of drug-likeness (QED) is 0.698. The second-order valence-corrected chi connectivity index (χ2v) is 5.84. The van der Waals surface area contributed by atoms with E-state index in [1.807, 2.05) is 61.5 Å². The Kier molecular flexibility index (Phi) is 4.47. The van der Waals surface area contributed by atoms with E-state index >= 15 is 0 Å². The molecule has 1 aliphatic heterocycles. The summed E-state index contributed by atoms with van der Waals surface area (Å²) in [7, 11) is 0.